The lowest BCUT2D eigenvalue weighted by Gasteiger charge is -2.22. The molecule has 0 spiro atoms. The molecule has 2 aromatic carbocycles. The number of pyridine rings is 2. The van der Waals surface area contributed by atoms with E-state index in [-0.39, 0.29) is 5.41 Å². The van der Waals surface area contributed by atoms with Crippen molar-refractivity contribution in [2.24, 2.45) is 15.7 Å². The molecule has 0 atom stereocenters. The highest BCUT2D eigenvalue weighted by molar-refractivity contribution is 6.03. The number of hydrogen-bond acceptors (Lipinski definition) is 6. The Morgan fingerprint density at radius 2 is 1.05 bits per heavy atom. The highest BCUT2D eigenvalue weighted by Crippen LogP contribution is 2.30. The van der Waals surface area contributed by atoms with Gasteiger partial charge in [0, 0.05) is 16.2 Å². The van der Waals surface area contributed by atoms with Gasteiger partial charge in [-0.3, -0.25) is 0 Å². The number of benzene rings is 2. The topological polar surface area (TPSA) is 69.0 Å². The zero-order valence-electron chi connectivity index (χ0n) is 24.8. The maximum absolute atomic E-state index is 5.99. The Hall–Kier alpha value is -3.80. The first-order chi connectivity index (χ1) is 19.9. The van der Waals surface area contributed by atoms with Crippen molar-refractivity contribution in [3.63, 3.8) is 0 Å². The van der Waals surface area contributed by atoms with Crippen molar-refractivity contribution in [3.8, 4) is 0 Å². The van der Waals surface area contributed by atoms with Crippen molar-refractivity contribution >= 4 is 33.2 Å². The Labute approximate surface area is 242 Å². The minimum absolute atomic E-state index is 0.269. The third-order valence-corrected chi connectivity index (χ3v) is 8.55. The molecule has 2 aliphatic rings. The standard InChI is InChI=1S/C35H40N4O2/c1-23-25-13-5-9-17-29(25)36-33-27(23)15-7-11-19-31(33)38-40-21-35(3,4)22-41-39-32-20-12-8-16-28-24(2)26-14-6-10-18-30(26)37-34(28)32/h5-6,9-10,13-14,17-18H,7-8,11-12,15-16,19-22H2,1-4H3/b38-31+,39-32+. The minimum Gasteiger partial charge on any atom is -0.395 e. The molecule has 6 nitrogen and oxygen atoms in total. The lowest BCUT2D eigenvalue weighted by molar-refractivity contribution is -0.000238. The fraction of sp³-hybridized carbons (Fsp3) is 0.429. The van der Waals surface area contributed by atoms with E-state index in [4.69, 9.17) is 19.6 Å². The van der Waals surface area contributed by atoms with E-state index >= 15 is 0 Å². The number of oxime groups is 2. The number of fused-ring (bicyclic) bond motifs is 4. The average Bonchev–Trinajstić information content (AvgIpc) is 3.30. The summed E-state index contributed by atoms with van der Waals surface area (Å²) >= 11 is 0. The van der Waals surface area contributed by atoms with Gasteiger partial charge in [0.1, 0.15) is 24.6 Å². The lowest BCUT2D eigenvalue weighted by Crippen LogP contribution is -2.24. The predicted octanol–water partition coefficient (Wildman–Crippen LogP) is 8.02. The summed E-state index contributed by atoms with van der Waals surface area (Å²) in [5.41, 5.74) is 10.9. The van der Waals surface area contributed by atoms with Crippen LogP contribution >= 0.6 is 0 Å². The summed E-state index contributed by atoms with van der Waals surface area (Å²) in [6, 6.07) is 16.8. The van der Waals surface area contributed by atoms with Crippen LogP contribution in [0.3, 0.4) is 0 Å². The van der Waals surface area contributed by atoms with Crippen molar-refractivity contribution in [2.45, 2.75) is 79.1 Å². The summed E-state index contributed by atoms with van der Waals surface area (Å²) in [6.07, 6.45) is 8.27. The molecular weight excluding hydrogens is 508 g/mol. The van der Waals surface area contributed by atoms with Crippen molar-refractivity contribution in [1.82, 2.24) is 9.97 Å². The minimum atomic E-state index is -0.269. The SMILES string of the molecule is Cc1c2c(nc3ccccc13)/C(=N/OCC(C)(C)CO/N=C1\CCCCc3c1nc1ccccc1c3C)CCCC2. The van der Waals surface area contributed by atoms with Gasteiger partial charge in [-0.25, -0.2) is 9.97 Å². The quantitative estimate of drug-likeness (QED) is 0.181. The van der Waals surface area contributed by atoms with Crippen LogP contribution in [-0.2, 0) is 22.5 Å². The molecule has 6 rings (SSSR count). The van der Waals surface area contributed by atoms with Crippen LogP contribution in [0.4, 0.5) is 0 Å². The number of aryl methyl sites for hydroxylation is 2. The third-order valence-electron chi connectivity index (χ3n) is 8.55. The molecular formula is C35H40N4O2. The Morgan fingerprint density at radius 3 is 1.51 bits per heavy atom. The number of aromatic nitrogens is 2. The van der Waals surface area contributed by atoms with Crippen LogP contribution < -0.4 is 0 Å². The largest absolute Gasteiger partial charge is 0.395 e. The molecule has 0 aliphatic heterocycles. The molecule has 2 aromatic heterocycles. The van der Waals surface area contributed by atoms with E-state index in [1.54, 1.807) is 0 Å². The second-order valence-corrected chi connectivity index (χ2v) is 12.4. The monoisotopic (exact) mass is 548 g/mol. The molecule has 4 aromatic rings. The molecule has 2 heterocycles. The second-order valence-electron chi connectivity index (χ2n) is 12.4. The molecule has 0 fully saturated rings. The molecule has 6 heteroatoms. The van der Waals surface area contributed by atoms with Gasteiger partial charge in [-0.1, -0.05) is 60.6 Å². The van der Waals surface area contributed by atoms with Crippen LogP contribution in [0.25, 0.3) is 21.8 Å². The Morgan fingerprint density at radius 1 is 0.634 bits per heavy atom. The fourth-order valence-electron chi connectivity index (χ4n) is 6.14. The van der Waals surface area contributed by atoms with Crippen LogP contribution in [-0.4, -0.2) is 34.6 Å². The van der Waals surface area contributed by atoms with Crippen LogP contribution in [0.15, 0.2) is 58.8 Å². The zero-order chi connectivity index (χ0) is 28.4. The summed E-state index contributed by atoms with van der Waals surface area (Å²) < 4.78 is 0. The highest BCUT2D eigenvalue weighted by atomic mass is 16.6. The fourth-order valence-corrected chi connectivity index (χ4v) is 6.14. The van der Waals surface area contributed by atoms with Gasteiger partial charge >= 0.3 is 0 Å². The van der Waals surface area contributed by atoms with E-state index in [0.717, 1.165) is 85.2 Å². The summed E-state index contributed by atoms with van der Waals surface area (Å²) in [7, 11) is 0. The first kappa shape index (κ1) is 27.4. The number of hydrogen-bond donors (Lipinski definition) is 0. The summed E-state index contributed by atoms with van der Waals surface area (Å²) in [5.74, 6) is 0. The van der Waals surface area contributed by atoms with Gasteiger partial charge in [-0.15, -0.1) is 0 Å². The lowest BCUT2D eigenvalue weighted by atomic mass is 9.97. The van der Waals surface area contributed by atoms with Crippen molar-refractivity contribution in [3.05, 3.63) is 82.2 Å². The van der Waals surface area contributed by atoms with E-state index in [0.29, 0.717) is 13.2 Å². The summed E-state index contributed by atoms with van der Waals surface area (Å²) in [5, 5.41) is 11.7. The van der Waals surface area contributed by atoms with Crippen LogP contribution in [0.5, 0.6) is 0 Å². The molecule has 0 saturated carbocycles. The molecule has 41 heavy (non-hydrogen) atoms. The second kappa shape index (κ2) is 11.6. The summed E-state index contributed by atoms with van der Waals surface area (Å²) in [6.45, 7) is 9.54. The van der Waals surface area contributed by atoms with E-state index < -0.39 is 0 Å². The van der Waals surface area contributed by atoms with Gasteiger partial charge in [0.05, 0.1) is 22.4 Å². The van der Waals surface area contributed by atoms with Gasteiger partial charge in [-0.05, 0) is 99.6 Å². The third kappa shape index (κ3) is 5.70. The average molecular weight is 549 g/mol. The molecule has 0 bridgehead atoms. The predicted molar refractivity (Wildman–Crippen MR) is 167 cm³/mol. The number of rotatable bonds is 6. The zero-order valence-corrected chi connectivity index (χ0v) is 24.8. The Balaban J connectivity index is 1.16. The highest BCUT2D eigenvalue weighted by Gasteiger charge is 2.24. The molecule has 2 aliphatic carbocycles. The number of para-hydroxylation sites is 2. The van der Waals surface area contributed by atoms with Gasteiger partial charge in [0.25, 0.3) is 0 Å². The van der Waals surface area contributed by atoms with E-state index in [2.05, 4.69) is 74.4 Å². The maximum atomic E-state index is 5.99. The summed E-state index contributed by atoms with van der Waals surface area (Å²) in [4.78, 5) is 22.0. The first-order valence-corrected chi connectivity index (χ1v) is 15.1. The van der Waals surface area contributed by atoms with Crippen molar-refractivity contribution in [1.29, 1.82) is 0 Å². The maximum Gasteiger partial charge on any atom is 0.125 e. The van der Waals surface area contributed by atoms with Gasteiger partial charge in [-0.2, -0.15) is 0 Å². The van der Waals surface area contributed by atoms with Crippen LogP contribution in [0.1, 0.15) is 86.0 Å². The molecule has 0 N–H and O–H groups in total. The molecule has 0 unspecified atom stereocenters. The molecule has 0 amide bonds. The van der Waals surface area contributed by atoms with Gasteiger partial charge in [0.2, 0.25) is 0 Å². The number of nitrogens with zero attached hydrogens (tertiary/aromatic N) is 4. The van der Waals surface area contributed by atoms with Gasteiger partial charge in [0.15, 0.2) is 0 Å². The van der Waals surface area contributed by atoms with E-state index in [1.165, 1.54) is 33.0 Å². The first-order valence-electron chi connectivity index (χ1n) is 15.1. The smallest absolute Gasteiger partial charge is 0.125 e. The van der Waals surface area contributed by atoms with E-state index in [1.807, 2.05) is 12.1 Å². The molecule has 212 valence electrons. The van der Waals surface area contributed by atoms with Crippen molar-refractivity contribution < 1.29 is 9.68 Å². The van der Waals surface area contributed by atoms with Crippen molar-refractivity contribution in [2.75, 3.05) is 13.2 Å². The van der Waals surface area contributed by atoms with Crippen LogP contribution in [0.2, 0.25) is 0 Å². The molecule has 0 radical (unpaired) electrons. The Bertz CT molecular complexity index is 1530. The molecule has 0 saturated heterocycles. The normalized spacial score (nSPS) is 17.8. The Kier molecular flexibility index (Phi) is 7.74. The van der Waals surface area contributed by atoms with Crippen LogP contribution in [0, 0.1) is 19.3 Å². The van der Waals surface area contributed by atoms with E-state index in [9.17, 15) is 0 Å². The van der Waals surface area contributed by atoms with Gasteiger partial charge < -0.3 is 9.68 Å².